The maximum atomic E-state index is 11.0. The number of aromatic nitrogens is 1. The molecular formula is C11H8NO. The lowest BCUT2D eigenvalue weighted by Gasteiger charge is -1.97. The minimum atomic E-state index is -0.193. The molecular weight excluding hydrogens is 162 g/mol. The van der Waals surface area contributed by atoms with Gasteiger partial charge in [-0.3, -0.25) is 4.79 Å². The molecule has 1 radical (unpaired) electrons. The molecule has 1 N–H and O–H groups in total. The summed E-state index contributed by atoms with van der Waals surface area (Å²) in [5.74, 6) is 0. The van der Waals surface area contributed by atoms with Crippen LogP contribution >= 0.6 is 0 Å². The average molecular weight is 170 g/mol. The molecule has 2 aromatic rings. The van der Waals surface area contributed by atoms with Crippen LogP contribution in [-0.4, -0.2) is 4.98 Å². The van der Waals surface area contributed by atoms with E-state index in [2.05, 4.69) is 11.1 Å². The Balaban J connectivity index is 2.54. The molecule has 0 saturated heterocycles. The third-order valence-corrected chi connectivity index (χ3v) is 1.80. The molecule has 13 heavy (non-hydrogen) atoms. The lowest BCUT2D eigenvalue weighted by atomic mass is 10.1. The van der Waals surface area contributed by atoms with Crippen molar-refractivity contribution >= 4 is 0 Å². The van der Waals surface area contributed by atoms with Crippen LogP contribution in [0.4, 0.5) is 0 Å². The Labute approximate surface area is 75.9 Å². The summed E-state index contributed by atoms with van der Waals surface area (Å²) in [6.07, 6.45) is 1.63. The van der Waals surface area contributed by atoms with E-state index in [4.69, 9.17) is 0 Å². The van der Waals surface area contributed by atoms with Crippen LogP contribution in [0.25, 0.3) is 11.1 Å². The highest BCUT2D eigenvalue weighted by atomic mass is 16.1. The lowest BCUT2D eigenvalue weighted by Crippen LogP contribution is -2.02. The fourth-order valence-corrected chi connectivity index (χ4v) is 1.19. The molecule has 0 atom stereocenters. The third kappa shape index (κ3) is 1.67. The van der Waals surface area contributed by atoms with Gasteiger partial charge in [0.25, 0.3) is 5.56 Å². The minimum Gasteiger partial charge on any atom is -0.329 e. The van der Waals surface area contributed by atoms with Crippen molar-refractivity contribution in [3.63, 3.8) is 0 Å². The Morgan fingerprint density at radius 1 is 1.08 bits per heavy atom. The fourth-order valence-electron chi connectivity index (χ4n) is 1.19. The molecule has 0 amide bonds. The number of aromatic amines is 1. The average Bonchev–Trinajstić information content (AvgIpc) is 2.19. The molecule has 1 aromatic heterocycles. The first-order valence-electron chi connectivity index (χ1n) is 4.03. The molecule has 0 aliphatic heterocycles. The number of nitrogens with one attached hydrogen (secondary N) is 1. The molecule has 0 fully saturated rings. The molecule has 0 aliphatic carbocycles. The zero-order valence-corrected chi connectivity index (χ0v) is 6.95. The van der Waals surface area contributed by atoms with Gasteiger partial charge in [-0.2, -0.15) is 0 Å². The van der Waals surface area contributed by atoms with Gasteiger partial charge in [-0.25, -0.2) is 0 Å². The van der Waals surface area contributed by atoms with Crippen LogP contribution in [0.5, 0.6) is 0 Å². The number of pyridine rings is 1. The van der Waals surface area contributed by atoms with Crippen molar-refractivity contribution < 1.29 is 0 Å². The van der Waals surface area contributed by atoms with Crippen molar-refractivity contribution in [2.45, 2.75) is 0 Å². The SMILES string of the molecule is O=c1[c]c(-c2ccccc2)cc[nH]1. The van der Waals surface area contributed by atoms with E-state index in [1.165, 1.54) is 0 Å². The van der Waals surface area contributed by atoms with E-state index in [9.17, 15) is 4.79 Å². The number of hydrogen-bond acceptors (Lipinski definition) is 1. The van der Waals surface area contributed by atoms with Crippen molar-refractivity contribution in [2.75, 3.05) is 0 Å². The van der Waals surface area contributed by atoms with Crippen LogP contribution in [0, 0.1) is 6.07 Å². The molecule has 2 nitrogen and oxygen atoms in total. The molecule has 63 valence electrons. The molecule has 0 aliphatic rings. The second-order valence-corrected chi connectivity index (χ2v) is 2.71. The molecule has 0 saturated carbocycles. The van der Waals surface area contributed by atoms with Gasteiger partial charge in [0.1, 0.15) is 0 Å². The van der Waals surface area contributed by atoms with Gasteiger partial charge in [-0.1, -0.05) is 30.3 Å². The summed E-state index contributed by atoms with van der Waals surface area (Å²) in [6, 6.07) is 14.3. The van der Waals surface area contributed by atoms with Gasteiger partial charge in [0, 0.05) is 6.20 Å². The lowest BCUT2D eigenvalue weighted by molar-refractivity contribution is 1.23. The maximum Gasteiger partial charge on any atom is 0.256 e. The van der Waals surface area contributed by atoms with E-state index in [1.54, 1.807) is 6.20 Å². The Kier molecular flexibility index (Phi) is 1.96. The van der Waals surface area contributed by atoms with E-state index in [0.717, 1.165) is 11.1 Å². The Morgan fingerprint density at radius 3 is 2.54 bits per heavy atom. The zero-order chi connectivity index (χ0) is 9.10. The molecule has 1 aromatic carbocycles. The summed E-state index contributed by atoms with van der Waals surface area (Å²) < 4.78 is 0. The topological polar surface area (TPSA) is 32.9 Å². The summed E-state index contributed by atoms with van der Waals surface area (Å²) in [5, 5.41) is 0. The van der Waals surface area contributed by atoms with Crippen LogP contribution in [0.15, 0.2) is 47.4 Å². The second-order valence-electron chi connectivity index (χ2n) is 2.71. The van der Waals surface area contributed by atoms with E-state index < -0.39 is 0 Å². The minimum absolute atomic E-state index is 0.193. The van der Waals surface area contributed by atoms with Gasteiger partial charge in [0.2, 0.25) is 0 Å². The summed E-state index contributed by atoms with van der Waals surface area (Å²) >= 11 is 0. The fraction of sp³-hybridized carbons (Fsp3) is 0. The molecule has 2 heteroatoms. The number of benzene rings is 1. The smallest absolute Gasteiger partial charge is 0.256 e. The quantitative estimate of drug-likeness (QED) is 0.696. The Hall–Kier alpha value is -1.83. The normalized spacial score (nSPS) is 9.85. The van der Waals surface area contributed by atoms with Crippen LogP contribution in [0.2, 0.25) is 0 Å². The first-order chi connectivity index (χ1) is 6.36. The highest BCUT2D eigenvalue weighted by Gasteiger charge is 1.95. The van der Waals surface area contributed by atoms with Crippen molar-refractivity contribution in [2.24, 2.45) is 0 Å². The molecule has 0 unspecified atom stereocenters. The van der Waals surface area contributed by atoms with Crippen molar-refractivity contribution in [3.05, 3.63) is 59.0 Å². The monoisotopic (exact) mass is 170 g/mol. The van der Waals surface area contributed by atoms with Crippen LogP contribution < -0.4 is 5.56 Å². The highest BCUT2D eigenvalue weighted by molar-refractivity contribution is 5.61. The van der Waals surface area contributed by atoms with E-state index >= 15 is 0 Å². The zero-order valence-electron chi connectivity index (χ0n) is 6.95. The van der Waals surface area contributed by atoms with Crippen LogP contribution in [0.1, 0.15) is 0 Å². The van der Waals surface area contributed by atoms with Crippen molar-refractivity contribution in [1.29, 1.82) is 0 Å². The largest absolute Gasteiger partial charge is 0.329 e. The number of H-pyrrole nitrogens is 1. The van der Waals surface area contributed by atoms with E-state index in [-0.39, 0.29) is 5.56 Å². The Morgan fingerprint density at radius 2 is 1.85 bits per heavy atom. The molecule has 1 heterocycles. The van der Waals surface area contributed by atoms with Crippen LogP contribution in [0.3, 0.4) is 0 Å². The van der Waals surface area contributed by atoms with Gasteiger partial charge >= 0.3 is 0 Å². The van der Waals surface area contributed by atoms with Gasteiger partial charge < -0.3 is 4.98 Å². The molecule has 0 spiro atoms. The highest BCUT2D eigenvalue weighted by Crippen LogP contribution is 2.14. The predicted octanol–water partition coefficient (Wildman–Crippen LogP) is 1.84. The van der Waals surface area contributed by atoms with Gasteiger partial charge in [0.15, 0.2) is 0 Å². The first-order valence-corrected chi connectivity index (χ1v) is 4.03. The summed E-state index contributed by atoms with van der Waals surface area (Å²) in [4.78, 5) is 13.5. The van der Waals surface area contributed by atoms with Gasteiger partial charge in [-0.05, 0) is 17.2 Å². The van der Waals surface area contributed by atoms with Gasteiger partial charge in [-0.15, -0.1) is 0 Å². The number of rotatable bonds is 1. The molecule has 0 bridgehead atoms. The van der Waals surface area contributed by atoms with Crippen LogP contribution in [-0.2, 0) is 0 Å². The molecule has 2 rings (SSSR count). The van der Waals surface area contributed by atoms with Gasteiger partial charge in [0.05, 0.1) is 6.07 Å². The predicted molar refractivity (Wildman–Crippen MR) is 51.3 cm³/mol. The summed E-state index contributed by atoms with van der Waals surface area (Å²) in [5.41, 5.74) is 1.64. The summed E-state index contributed by atoms with van der Waals surface area (Å²) in [6.45, 7) is 0. The van der Waals surface area contributed by atoms with E-state index in [1.807, 2.05) is 36.4 Å². The van der Waals surface area contributed by atoms with Crippen molar-refractivity contribution in [1.82, 2.24) is 4.98 Å². The van der Waals surface area contributed by atoms with Crippen molar-refractivity contribution in [3.8, 4) is 11.1 Å². The standard InChI is InChI=1S/C11H8NO/c13-11-8-10(6-7-12-11)9-4-2-1-3-5-9/h1-7H,(H,12,13). The maximum absolute atomic E-state index is 11.0. The van der Waals surface area contributed by atoms with E-state index in [0.29, 0.717) is 0 Å². The number of hydrogen-bond donors (Lipinski definition) is 1. The second kappa shape index (κ2) is 3.27. The first kappa shape index (κ1) is 7.80. The third-order valence-electron chi connectivity index (χ3n) is 1.80. The summed E-state index contributed by atoms with van der Waals surface area (Å²) in [7, 11) is 0. The Bertz CT molecular complexity index is 445.